The molecule has 1 aromatic heterocycles. The zero-order valence-electron chi connectivity index (χ0n) is 14.8. The Bertz CT molecular complexity index is 827. The van der Waals surface area contributed by atoms with Crippen LogP contribution in [-0.4, -0.2) is 36.9 Å². The largest absolute Gasteiger partial charge is 0.493 e. The molecular formula is C18H23N3O3. The molecule has 0 fully saturated rings. The summed E-state index contributed by atoms with van der Waals surface area (Å²) in [7, 11) is 5.19. The van der Waals surface area contributed by atoms with Crippen LogP contribution < -0.4 is 20.1 Å². The van der Waals surface area contributed by atoms with Crippen molar-refractivity contribution in [2.45, 2.75) is 32.9 Å². The van der Waals surface area contributed by atoms with E-state index in [0.29, 0.717) is 23.9 Å². The topological polar surface area (TPSA) is 56.6 Å². The van der Waals surface area contributed by atoms with E-state index in [1.165, 1.54) is 0 Å². The highest BCUT2D eigenvalue weighted by Crippen LogP contribution is 2.38. The van der Waals surface area contributed by atoms with Gasteiger partial charge in [0.05, 0.1) is 19.9 Å². The van der Waals surface area contributed by atoms with Gasteiger partial charge in [0.1, 0.15) is 5.82 Å². The fraction of sp³-hybridized carbons (Fsp3) is 0.444. The number of rotatable bonds is 4. The van der Waals surface area contributed by atoms with Gasteiger partial charge in [-0.3, -0.25) is 4.57 Å². The molecule has 0 bridgehead atoms. The summed E-state index contributed by atoms with van der Waals surface area (Å²) in [6.45, 7) is 4.76. The monoisotopic (exact) mass is 329 g/mol. The number of fused-ring (bicyclic) bond motifs is 3. The number of anilines is 1. The molecule has 0 saturated heterocycles. The zero-order chi connectivity index (χ0) is 17.4. The predicted molar refractivity (Wildman–Crippen MR) is 94.3 cm³/mol. The molecule has 0 spiro atoms. The molecule has 6 heteroatoms. The molecule has 0 unspecified atom stereocenters. The van der Waals surface area contributed by atoms with E-state index in [1.807, 2.05) is 30.1 Å². The van der Waals surface area contributed by atoms with Crippen LogP contribution in [0.2, 0.25) is 0 Å². The van der Waals surface area contributed by atoms with Gasteiger partial charge in [-0.25, -0.2) is 4.79 Å². The van der Waals surface area contributed by atoms with Crippen molar-refractivity contribution in [2.24, 2.45) is 0 Å². The molecule has 2 heterocycles. The Morgan fingerprint density at radius 2 is 1.83 bits per heavy atom. The number of aromatic nitrogens is 2. The lowest BCUT2D eigenvalue weighted by Gasteiger charge is -2.27. The zero-order valence-corrected chi connectivity index (χ0v) is 14.8. The Morgan fingerprint density at radius 3 is 2.46 bits per heavy atom. The predicted octanol–water partition coefficient (Wildman–Crippen LogP) is 2.33. The molecule has 24 heavy (non-hydrogen) atoms. The Kier molecular flexibility index (Phi) is 4.22. The highest BCUT2D eigenvalue weighted by atomic mass is 16.5. The molecule has 1 aliphatic heterocycles. The van der Waals surface area contributed by atoms with Crippen LogP contribution in [0.5, 0.6) is 11.5 Å². The van der Waals surface area contributed by atoms with Crippen molar-refractivity contribution in [3.05, 3.63) is 34.2 Å². The Labute approximate surface area is 141 Å². The van der Waals surface area contributed by atoms with Gasteiger partial charge in [-0.1, -0.05) is 0 Å². The van der Waals surface area contributed by atoms with Crippen molar-refractivity contribution in [1.82, 2.24) is 9.55 Å². The summed E-state index contributed by atoms with van der Waals surface area (Å²) in [6.07, 6.45) is 0.768. The van der Waals surface area contributed by atoms with Crippen LogP contribution in [0.1, 0.15) is 19.4 Å². The Hall–Kier alpha value is -2.50. The second-order valence-corrected chi connectivity index (χ2v) is 6.25. The van der Waals surface area contributed by atoms with Crippen LogP contribution in [-0.2, 0) is 13.0 Å². The van der Waals surface area contributed by atoms with E-state index in [2.05, 4.69) is 18.8 Å². The Balaban J connectivity index is 2.21. The van der Waals surface area contributed by atoms with Gasteiger partial charge < -0.3 is 14.4 Å². The van der Waals surface area contributed by atoms with Gasteiger partial charge >= 0.3 is 5.69 Å². The maximum absolute atomic E-state index is 12.5. The first-order valence-electron chi connectivity index (χ1n) is 8.06. The SMILES string of the molecule is COc1cc2c(cc1OC)-c1cc(N(C)C(C)C)nc(=O)n1CC2. The van der Waals surface area contributed by atoms with Gasteiger partial charge in [0.15, 0.2) is 11.5 Å². The van der Waals surface area contributed by atoms with E-state index in [1.54, 1.807) is 18.8 Å². The third-order valence-electron chi connectivity index (χ3n) is 4.62. The normalized spacial score (nSPS) is 12.6. The van der Waals surface area contributed by atoms with E-state index in [9.17, 15) is 4.79 Å². The van der Waals surface area contributed by atoms with Gasteiger partial charge in [-0.2, -0.15) is 4.98 Å². The van der Waals surface area contributed by atoms with E-state index in [0.717, 1.165) is 23.2 Å². The van der Waals surface area contributed by atoms with E-state index in [4.69, 9.17) is 9.47 Å². The van der Waals surface area contributed by atoms with Gasteiger partial charge in [0.2, 0.25) is 0 Å². The second kappa shape index (κ2) is 6.19. The minimum Gasteiger partial charge on any atom is -0.493 e. The summed E-state index contributed by atoms with van der Waals surface area (Å²) in [4.78, 5) is 18.7. The van der Waals surface area contributed by atoms with Crippen molar-refractivity contribution in [2.75, 3.05) is 26.2 Å². The highest BCUT2D eigenvalue weighted by Gasteiger charge is 2.22. The molecule has 1 aliphatic rings. The molecule has 2 aromatic rings. The molecule has 0 amide bonds. The lowest BCUT2D eigenvalue weighted by atomic mass is 9.96. The van der Waals surface area contributed by atoms with Gasteiger partial charge in [-0.15, -0.1) is 0 Å². The maximum Gasteiger partial charge on any atom is 0.350 e. The van der Waals surface area contributed by atoms with Gasteiger partial charge in [0.25, 0.3) is 0 Å². The first-order valence-corrected chi connectivity index (χ1v) is 8.06. The van der Waals surface area contributed by atoms with Crippen molar-refractivity contribution in [1.29, 1.82) is 0 Å². The van der Waals surface area contributed by atoms with Crippen LogP contribution in [0.15, 0.2) is 23.0 Å². The molecule has 1 aromatic carbocycles. The summed E-state index contributed by atoms with van der Waals surface area (Å²) >= 11 is 0. The number of hydrogen-bond donors (Lipinski definition) is 0. The van der Waals surface area contributed by atoms with Crippen molar-refractivity contribution in [3.63, 3.8) is 0 Å². The fourth-order valence-corrected chi connectivity index (χ4v) is 2.98. The van der Waals surface area contributed by atoms with Gasteiger partial charge in [0, 0.05) is 31.3 Å². The number of nitrogens with zero attached hydrogens (tertiary/aromatic N) is 3. The van der Waals surface area contributed by atoms with Gasteiger partial charge in [-0.05, 0) is 38.0 Å². The van der Waals surface area contributed by atoms with Crippen LogP contribution in [0.25, 0.3) is 11.3 Å². The number of ether oxygens (including phenoxy) is 2. The maximum atomic E-state index is 12.5. The van der Waals surface area contributed by atoms with Crippen LogP contribution in [0.3, 0.4) is 0 Å². The summed E-state index contributed by atoms with van der Waals surface area (Å²) in [5.74, 6) is 2.05. The number of hydrogen-bond acceptors (Lipinski definition) is 5. The second-order valence-electron chi connectivity index (χ2n) is 6.25. The first-order chi connectivity index (χ1) is 11.5. The molecule has 128 valence electrons. The third-order valence-corrected chi connectivity index (χ3v) is 4.62. The Morgan fingerprint density at radius 1 is 1.17 bits per heavy atom. The molecular weight excluding hydrogens is 306 g/mol. The summed E-state index contributed by atoms with van der Waals surface area (Å²) < 4.78 is 12.5. The number of aryl methyl sites for hydroxylation is 1. The standard InChI is InChI=1S/C18H23N3O3/c1-11(2)20(3)17-10-14-13-9-16(24-5)15(23-4)8-12(13)6-7-21(14)18(22)19-17/h8-11H,6-7H2,1-5H3. The van der Waals surface area contributed by atoms with Crippen LogP contribution >= 0.6 is 0 Å². The van der Waals surface area contributed by atoms with E-state index in [-0.39, 0.29) is 11.7 Å². The van der Waals surface area contributed by atoms with Crippen molar-refractivity contribution < 1.29 is 9.47 Å². The van der Waals surface area contributed by atoms with Crippen molar-refractivity contribution >= 4 is 5.82 Å². The molecule has 0 saturated carbocycles. The quantitative estimate of drug-likeness (QED) is 0.862. The lowest BCUT2D eigenvalue weighted by Crippen LogP contribution is -2.33. The minimum atomic E-state index is -0.213. The highest BCUT2D eigenvalue weighted by molar-refractivity contribution is 5.72. The van der Waals surface area contributed by atoms with Crippen LogP contribution in [0, 0.1) is 0 Å². The summed E-state index contributed by atoms with van der Waals surface area (Å²) in [5.41, 5.74) is 2.81. The fourth-order valence-electron chi connectivity index (χ4n) is 2.98. The molecule has 0 atom stereocenters. The number of methoxy groups -OCH3 is 2. The first kappa shape index (κ1) is 16.4. The smallest absolute Gasteiger partial charge is 0.350 e. The molecule has 6 nitrogen and oxygen atoms in total. The van der Waals surface area contributed by atoms with E-state index >= 15 is 0 Å². The molecule has 0 aliphatic carbocycles. The molecule has 0 radical (unpaired) electrons. The summed E-state index contributed by atoms with van der Waals surface area (Å²) in [5, 5.41) is 0. The van der Waals surface area contributed by atoms with Crippen LogP contribution in [0.4, 0.5) is 5.82 Å². The lowest BCUT2D eigenvalue weighted by molar-refractivity contribution is 0.354. The average molecular weight is 329 g/mol. The third kappa shape index (κ3) is 2.62. The molecule has 3 rings (SSSR count). The van der Waals surface area contributed by atoms with E-state index < -0.39 is 0 Å². The molecule has 0 N–H and O–H groups in total. The summed E-state index contributed by atoms with van der Waals surface area (Å²) in [6, 6.07) is 6.17. The number of benzene rings is 1. The minimum absolute atomic E-state index is 0.213. The van der Waals surface area contributed by atoms with Crippen molar-refractivity contribution in [3.8, 4) is 22.8 Å². The average Bonchev–Trinajstić information content (AvgIpc) is 2.59.